The summed E-state index contributed by atoms with van der Waals surface area (Å²) in [5.74, 6) is 0.923. The van der Waals surface area contributed by atoms with Gasteiger partial charge in [-0.05, 0) is 29.7 Å². The Balaban J connectivity index is 2.17. The maximum absolute atomic E-state index is 4.46. The van der Waals surface area contributed by atoms with Crippen LogP contribution in [0.2, 0.25) is 0 Å². The summed E-state index contributed by atoms with van der Waals surface area (Å²) in [5, 5.41) is 0. The third-order valence-electron chi connectivity index (χ3n) is 3.48. The molecule has 98 valence electrons. The van der Waals surface area contributed by atoms with Crippen LogP contribution in [0.4, 0.5) is 0 Å². The molecule has 0 aliphatic heterocycles. The zero-order valence-electron chi connectivity index (χ0n) is 11.4. The molecule has 0 saturated carbocycles. The first kappa shape index (κ1) is 12.5. The first-order chi connectivity index (χ1) is 9.86. The molecule has 0 aliphatic rings. The topological polar surface area (TPSA) is 25.8 Å². The lowest BCUT2D eigenvalue weighted by molar-refractivity contribution is 0.847. The van der Waals surface area contributed by atoms with Gasteiger partial charge in [0.25, 0.3) is 0 Å². The molecule has 0 saturated heterocycles. The summed E-state index contributed by atoms with van der Waals surface area (Å²) < 4.78 is 0. The second-order valence-electron chi connectivity index (χ2n) is 4.81. The van der Waals surface area contributed by atoms with Gasteiger partial charge in [0, 0.05) is 12.4 Å². The quantitative estimate of drug-likeness (QED) is 0.712. The molecular formula is C18H16N2. The van der Waals surface area contributed by atoms with Crippen LogP contribution in [0.5, 0.6) is 0 Å². The highest BCUT2D eigenvalue weighted by molar-refractivity contribution is 5.42. The fourth-order valence-electron chi connectivity index (χ4n) is 2.48. The molecule has 0 fully saturated rings. The molecule has 1 unspecified atom stereocenters. The number of hydrogen-bond donors (Lipinski definition) is 0. The number of aromatic nitrogens is 2. The summed E-state index contributed by atoms with van der Waals surface area (Å²) in [6.45, 7) is 2.13. The first-order valence-electron chi connectivity index (χ1n) is 6.73. The third kappa shape index (κ3) is 2.45. The van der Waals surface area contributed by atoms with Crippen LogP contribution in [-0.4, -0.2) is 9.97 Å². The van der Waals surface area contributed by atoms with Crippen LogP contribution in [0.15, 0.2) is 73.1 Å². The monoisotopic (exact) mass is 260 g/mol. The van der Waals surface area contributed by atoms with Crippen LogP contribution in [0.1, 0.15) is 28.4 Å². The van der Waals surface area contributed by atoms with E-state index in [9.17, 15) is 0 Å². The number of rotatable bonds is 3. The third-order valence-corrected chi connectivity index (χ3v) is 3.48. The molecule has 0 spiro atoms. The molecule has 2 nitrogen and oxygen atoms in total. The van der Waals surface area contributed by atoms with E-state index in [-0.39, 0.29) is 5.92 Å². The smallest absolute Gasteiger partial charge is 0.140 e. The minimum absolute atomic E-state index is 0.0820. The van der Waals surface area contributed by atoms with Gasteiger partial charge < -0.3 is 0 Å². The molecule has 1 aromatic heterocycles. The highest BCUT2D eigenvalue weighted by Gasteiger charge is 2.20. The first-order valence-corrected chi connectivity index (χ1v) is 6.73. The molecule has 0 radical (unpaired) electrons. The standard InChI is InChI=1S/C18H16N2/c1-14-8-5-6-11-16(14)17(15-9-3-2-4-10-15)18-19-12-7-13-20-18/h2-13,17H,1H3. The fraction of sp³-hybridized carbons (Fsp3) is 0.111. The van der Waals surface area contributed by atoms with E-state index >= 15 is 0 Å². The van der Waals surface area contributed by atoms with Crippen LogP contribution >= 0.6 is 0 Å². The van der Waals surface area contributed by atoms with E-state index in [0.717, 1.165) is 5.82 Å². The molecule has 0 N–H and O–H groups in total. The molecule has 0 aliphatic carbocycles. The Morgan fingerprint density at radius 2 is 1.40 bits per heavy atom. The van der Waals surface area contributed by atoms with Crippen molar-refractivity contribution in [3.8, 4) is 0 Å². The van der Waals surface area contributed by atoms with Crippen molar-refractivity contribution in [2.75, 3.05) is 0 Å². The van der Waals surface area contributed by atoms with Crippen molar-refractivity contribution in [3.05, 3.63) is 95.6 Å². The lowest BCUT2D eigenvalue weighted by Crippen LogP contribution is -2.08. The zero-order valence-corrected chi connectivity index (χ0v) is 11.4. The summed E-state index contributed by atoms with van der Waals surface area (Å²) in [4.78, 5) is 8.92. The van der Waals surface area contributed by atoms with Crippen LogP contribution in [0.3, 0.4) is 0 Å². The number of hydrogen-bond acceptors (Lipinski definition) is 2. The minimum Gasteiger partial charge on any atom is -0.240 e. The van der Waals surface area contributed by atoms with E-state index in [0.29, 0.717) is 0 Å². The molecule has 3 aromatic rings. The Morgan fingerprint density at radius 1 is 0.750 bits per heavy atom. The van der Waals surface area contributed by atoms with Gasteiger partial charge in [-0.25, -0.2) is 9.97 Å². The lowest BCUT2D eigenvalue weighted by atomic mass is 9.88. The highest BCUT2D eigenvalue weighted by Crippen LogP contribution is 2.31. The van der Waals surface area contributed by atoms with Gasteiger partial charge in [0.05, 0.1) is 5.92 Å². The zero-order chi connectivity index (χ0) is 13.8. The fourth-order valence-corrected chi connectivity index (χ4v) is 2.48. The van der Waals surface area contributed by atoms with Crippen LogP contribution in [0.25, 0.3) is 0 Å². The van der Waals surface area contributed by atoms with Gasteiger partial charge in [-0.3, -0.25) is 0 Å². The average molecular weight is 260 g/mol. The van der Waals surface area contributed by atoms with Crippen LogP contribution < -0.4 is 0 Å². The summed E-state index contributed by atoms with van der Waals surface area (Å²) in [7, 11) is 0. The van der Waals surface area contributed by atoms with E-state index in [1.54, 1.807) is 12.4 Å². The van der Waals surface area contributed by atoms with Gasteiger partial charge in [0.2, 0.25) is 0 Å². The maximum atomic E-state index is 4.46. The normalized spacial score (nSPS) is 12.1. The molecule has 20 heavy (non-hydrogen) atoms. The van der Waals surface area contributed by atoms with Gasteiger partial charge in [-0.15, -0.1) is 0 Å². The average Bonchev–Trinajstić information content (AvgIpc) is 2.52. The number of benzene rings is 2. The Labute approximate surface area is 119 Å². The maximum Gasteiger partial charge on any atom is 0.140 e. The largest absolute Gasteiger partial charge is 0.240 e. The summed E-state index contributed by atoms with van der Waals surface area (Å²) >= 11 is 0. The van der Waals surface area contributed by atoms with E-state index < -0.39 is 0 Å². The molecule has 2 heteroatoms. The van der Waals surface area contributed by atoms with Gasteiger partial charge in [0.15, 0.2) is 0 Å². The second-order valence-corrected chi connectivity index (χ2v) is 4.81. The molecule has 0 amide bonds. The molecule has 3 rings (SSSR count). The van der Waals surface area contributed by atoms with E-state index in [2.05, 4.69) is 65.4 Å². The summed E-state index contributed by atoms with van der Waals surface area (Å²) in [5.41, 5.74) is 3.73. The van der Waals surface area contributed by atoms with Crippen molar-refractivity contribution in [1.82, 2.24) is 9.97 Å². The second kappa shape index (κ2) is 5.66. The van der Waals surface area contributed by atoms with Crippen molar-refractivity contribution < 1.29 is 0 Å². The van der Waals surface area contributed by atoms with Crippen LogP contribution in [0, 0.1) is 6.92 Å². The Morgan fingerprint density at radius 3 is 2.10 bits per heavy atom. The van der Waals surface area contributed by atoms with Crippen molar-refractivity contribution in [2.24, 2.45) is 0 Å². The van der Waals surface area contributed by atoms with Gasteiger partial charge in [-0.1, -0.05) is 54.6 Å². The highest BCUT2D eigenvalue weighted by atomic mass is 14.9. The molecule has 1 heterocycles. The van der Waals surface area contributed by atoms with Gasteiger partial charge in [-0.2, -0.15) is 0 Å². The Kier molecular flexibility index (Phi) is 3.55. The Bertz CT molecular complexity index is 639. The lowest BCUT2D eigenvalue weighted by Gasteiger charge is -2.18. The molecule has 0 bridgehead atoms. The van der Waals surface area contributed by atoms with Gasteiger partial charge >= 0.3 is 0 Å². The SMILES string of the molecule is Cc1ccccc1C(c1ccccc1)c1ncccn1. The van der Waals surface area contributed by atoms with Crippen molar-refractivity contribution in [2.45, 2.75) is 12.8 Å². The predicted octanol–water partition coefficient (Wildman–Crippen LogP) is 3.97. The number of aryl methyl sites for hydroxylation is 1. The number of nitrogens with zero attached hydrogens (tertiary/aromatic N) is 2. The van der Waals surface area contributed by atoms with E-state index in [1.807, 2.05) is 12.1 Å². The summed E-state index contributed by atoms with van der Waals surface area (Å²) in [6, 6.07) is 20.7. The van der Waals surface area contributed by atoms with E-state index in [4.69, 9.17) is 0 Å². The van der Waals surface area contributed by atoms with Crippen molar-refractivity contribution in [1.29, 1.82) is 0 Å². The molecule has 2 aromatic carbocycles. The minimum atomic E-state index is 0.0820. The van der Waals surface area contributed by atoms with Crippen molar-refractivity contribution >= 4 is 0 Å². The molecule has 1 atom stereocenters. The Hall–Kier alpha value is -2.48. The van der Waals surface area contributed by atoms with E-state index in [1.165, 1.54) is 16.7 Å². The van der Waals surface area contributed by atoms with Crippen LogP contribution in [-0.2, 0) is 0 Å². The van der Waals surface area contributed by atoms with Crippen molar-refractivity contribution in [3.63, 3.8) is 0 Å². The molecular weight excluding hydrogens is 244 g/mol. The van der Waals surface area contributed by atoms with Gasteiger partial charge in [0.1, 0.15) is 5.82 Å². The predicted molar refractivity (Wildman–Crippen MR) is 80.6 cm³/mol. The summed E-state index contributed by atoms with van der Waals surface area (Å²) in [6.07, 6.45) is 3.60.